The number of fused-ring (bicyclic) bond motifs is 1. The van der Waals surface area contributed by atoms with Crippen LogP contribution in [-0.4, -0.2) is 30.5 Å². The van der Waals surface area contributed by atoms with Crippen LogP contribution in [0.5, 0.6) is 0 Å². The number of hydrogen-bond donors (Lipinski definition) is 1. The van der Waals surface area contributed by atoms with Gasteiger partial charge in [0.05, 0.1) is 0 Å². The van der Waals surface area contributed by atoms with Gasteiger partial charge < -0.3 is 15.1 Å². The van der Waals surface area contributed by atoms with Crippen molar-refractivity contribution < 1.29 is 4.42 Å². The normalized spacial score (nSPS) is 13.6. The summed E-state index contributed by atoms with van der Waals surface area (Å²) in [6.07, 6.45) is 1.46. The van der Waals surface area contributed by atoms with Crippen molar-refractivity contribution >= 4 is 11.1 Å². The van der Waals surface area contributed by atoms with Crippen molar-refractivity contribution in [2.24, 2.45) is 5.73 Å². The lowest BCUT2D eigenvalue weighted by Crippen LogP contribution is -2.27. The number of hydrogen-bond acceptors (Lipinski definition) is 4. The minimum Gasteiger partial charge on any atom is -0.443 e. The van der Waals surface area contributed by atoms with Crippen LogP contribution in [-0.2, 0) is 0 Å². The molecule has 0 aliphatic heterocycles. The van der Waals surface area contributed by atoms with Gasteiger partial charge in [0.25, 0.3) is 0 Å². The topological polar surface area (TPSA) is 55.3 Å². The fraction of sp³-hybridized carbons (Fsp3) is 0.364. The van der Waals surface area contributed by atoms with Gasteiger partial charge in [-0.15, -0.1) is 0 Å². The number of oxazole rings is 1. The molecule has 0 fully saturated rings. The molecule has 0 bridgehead atoms. The summed E-state index contributed by atoms with van der Waals surface area (Å²) in [5, 5.41) is 0. The van der Waals surface area contributed by atoms with Crippen molar-refractivity contribution in [3.05, 3.63) is 30.2 Å². The molecule has 4 nitrogen and oxygen atoms in total. The van der Waals surface area contributed by atoms with E-state index in [1.807, 2.05) is 32.3 Å². The second kappa shape index (κ2) is 4.00. The van der Waals surface area contributed by atoms with E-state index in [-0.39, 0.29) is 6.04 Å². The molecule has 15 heavy (non-hydrogen) atoms. The number of rotatable bonds is 3. The lowest BCUT2D eigenvalue weighted by molar-refractivity contribution is 0.306. The zero-order valence-corrected chi connectivity index (χ0v) is 8.97. The van der Waals surface area contributed by atoms with E-state index in [0.717, 1.165) is 11.1 Å². The van der Waals surface area contributed by atoms with Crippen LogP contribution in [0.3, 0.4) is 0 Å². The maximum atomic E-state index is 5.74. The van der Waals surface area contributed by atoms with Gasteiger partial charge in [0.2, 0.25) is 0 Å². The molecule has 1 unspecified atom stereocenters. The minimum atomic E-state index is 0.228. The van der Waals surface area contributed by atoms with Crippen LogP contribution in [0.1, 0.15) is 11.6 Å². The van der Waals surface area contributed by atoms with Gasteiger partial charge in [-0.2, -0.15) is 0 Å². The Morgan fingerprint density at radius 2 is 2.27 bits per heavy atom. The van der Waals surface area contributed by atoms with Gasteiger partial charge in [0.1, 0.15) is 5.52 Å². The Kier molecular flexibility index (Phi) is 2.70. The lowest BCUT2D eigenvalue weighted by Gasteiger charge is -2.22. The molecule has 1 aromatic carbocycles. The van der Waals surface area contributed by atoms with Crippen molar-refractivity contribution in [3.8, 4) is 0 Å². The Hall–Kier alpha value is -1.39. The highest BCUT2D eigenvalue weighted by molar-refractivity contribution is 5.72. The van der Waals surface area contributed by atoms with Crippen LogP contribution < -0.4 is 5.73 Å². The number of aromatic nitrogens is 1. The smallest absolute Gasteiger partial charge is 0.181 e. The Labute approximate surface area is 88.7 Å². The summed E-state index contributed by atoms with van der Waals surface area (Å²) in [5.41, 5.74) is 8.61. The van der Waals surface area contributed by atoms with Gasteiger partial charge in [0.15, 0.2) is 12.0 Å². The molecule has 0 aliphatic carbocycles. The second-order valence-electron chi connectivity index (χ2n) is 3.79. The van der Waals surface area contributed by atoms with Gasteiger partial charge in [-0.3, -0.25) is 0 Å². The second-order valence-corrected chi connectivity index (χ2v) is 3.79. The van der Waals surface area contributed by atoms with Gasteiger partial charge >= 0.3 is 0 Å². The highest BCUT2D eigenvalue weighted by Crippen LogP contribution is 2.21. The van der Waals surface area contributed by atoms with Crippen molar-refractivity contribution in [3.63, 3.8) is 0 Å². The van der Waals surface area contributed by atoms with Crippen molar-refractivity contribution in [1.29, 1.82) is 0 Å². The van der Waals surface area contributed by atoms with E-state index < -0.39 is 0 Å². The van der Waals surface area contributed by atoms with E-state index in [0.29, 0.717) is 6.54 Å². The van der Waals surface area contributed by atoms with E-state index in [4.69, 9.17) is 10.2 Å². The van der Waals surface area contributed by atoms with Gasteiger partial charge in [-0.1, -0.05) is 6.07 Å². The molecular formula is C11H15N3O. The number of nitrogens with two attached hydrogens (primary N) is 1. The van der Waals surface area contributed by atoms with Crippen LogP contribution in [0.25, 0.3) is 11.1 Å². The molecule has 0 radical (unpaired) electrons. The molecule has 80 valence electrons. The zero-order chi connectivity index (χ0) is 10.8. The Morgan fingerprint density at radius 3 is 2.93 bits per heavy atom. The van der Waals surface area contributed by atoms with Crippen LogP contribution in [0.15, 0.2) is 29.0 Å². The summed E-state index contributed by atoms with van der Waals surface area (Å²) in [6, 6.07) is 6.22. The van der Waals surface area contributed by atoms with Gasteiger partial charge in [-0.25, -0.2) is 4.98 Å². The van der Waals surface area contributed by atoms with Crippen molar-refractivity contribution in [2.45, 2.75) is 6.04 Å². The van der Waals surface area contributed by atoms with Crippen molar-refractivity contribution in [2.75, 3.05) is 20.6 Å². The highest BCUT2D eigenvalue weighted by atomic mass is 16.3. The molecule has 1 aromatic heterocycles. The first-order chi connectivity index (χ1) is 7.22. The standard InChI is InChI=1S/C11H15N3O/c1-14(2)10(6-12)8-3-4-11-9(5-8)13-7-15-11/h3-5,7,10H,6,12H2,1-2H3. The van der Waals surface area contributed by atoms with E-state index in [9.17, 15) is 0 Å². The average molecular weight is 205 g/mol. The predicted molar refractivity (Wildman–Crippen MR) is 59.5 cm³/mol. The third-order valence-corrected chi connectivity index (χ3v) is 2.59. The SMILES string of the molecule is CN(C)C(CN)c1ccc2ocnc2c1. The number of benzene rings is 1. The number of nitrogens with zero attached hydrogens (tertiary/aromatic N) is 2. The van der Waals surface area contributed by atoms with E-state index in [1.54, 1.807) is 0 Å². The predicted octanol–water partition coefficient (Wildman–Crippen LogP) is 1.39. The summed E-state index contributed by atoms with van der Waals surface area (Å²) in [5.74, 6) is 0. The van der Waals surface area contributed by atoms with E-state index in [2.05, 4.69) is 9.88 Å². The Balaban J connectivity index is 2.41. The minimum absolute atomic E-state index is 0.228. The van der Waals surface area contributed by atoms with E-state index in [1.165, 1.54) is 12.0 Å². The molecule has 2 aromatic rings. The first-order valence-corrected chi connectivity index (χ1v) is 4.92. The lowest BCUT2D eigenvalue weighted by atomic mass is 10.1. The maximum absolute atomic E-state index is 5.74. The molecular weight excluding hydrogens is 190 g/mol. The largest absolute Gasteiger partial charge is 0.443 e. The molecule has 0 saturated heterocycles. The van der Waals surface area contributed by atoms with Crippen LogP contribution in [0, 0.1) is 0 Å². The molecule has 4 heteroatoms. The Bertz CT molecular complexity index is 450. The summed E-state index contributed by atoms with van der Waals surface area (Å²) in [7, 11) is 4.04. The first-order valence-electron chi connectivity index (χ1n) is 4.92. The van der Waals surface area contributed by atoms with Crippen LogP contribution in [0.4, 0.5) is 0 Å². The molecule has 1 heterocycles. The van der Waals surface area contributed by atoms with E-state index >= 15 is 0 Å². The quantitative estimate of drug-likeness (QED) is 0.822. The fourth-order valence-electron chi connectivity index (χ4n) is 1.73. The molecule has 2 N–H and O–H groups in total. The highest BCUT2D eigenvalue weighted by Gasteiger charge is 2.12. The Morgan fingerprint density at radius 1 is 1.47 bits per heavy atom. The summed E-state index contributed by atoms with van der Waals surface area (Å²) in [6.45, 7) is 0.594. The fourth-order valence-corrected chi connectivity index (χ4v) is 1.73. The summed E-state index contributed by atoms with van der Waals surface area (Å²) >= 11 is 0. The molecule has 0 saturated carbocycles. The molecule has 2 rings (SSSR count). The molecule has 1 atom stereocenters. The van der Waals surface area contributed by atoms with Crippen LogP contribution in [0.2, 0.25) is 0 Å². The first kappa shape index (κ1) is 10.1. The van der Waals surface area contributed by atoms with Crippen LogP contribution >= 0.6 is 0 Å². The summed E-state index contributed by atoms with van der Waals surface area (Å²) in [4.78, 5) is 6.23. The zero-order valence-electron chi connectivity index (χ0n) is 8.97. The monoisotopic (exact) mass is 205 g/mol. The molecule has 0 amide bonds. The third-order valence-electron chi connectivity index (χ3n) is 2.59. The van der Waals surface area contributed by atoms with Gasteiger partial charge in [0, 0.05) is 12.6 Å². The maximum Gasteiger partial charge on any atom is 0.181 e. The van der Waals surface area contributed by atoms with Gasteiger partial charge in [-0.05, 0) is 31.8 Å². The van der Waals surface area contributed by atoms with Crippen molar-refractivity contribution in [1.82, 2.24) is 9.88 Å². The third kappa shape index (κ3) is 1.86. The molecule has 0 aliphatic rings. The molecule has 0 spiro atoms. The number of likely N-dealkylation sites (N-methyl/N-ethyl adjacent to an activating group) is 1. The summed E-state index contributed by atoms with van der Waals surface area (Å²) < 4.78 is 5.19. The average Bonchev–Trinajstić information content (AvgIpc) is 2.65.